The molecule has 2 aliphatic heterocycles. The van der Waals surface area contributed by atoms with Gasteiger partial charge in [0.25, 0.3) is 11.6 Å². The summed E-state index contributed by atoms with van der Waals surface area (Å²) in [6.07, 6.45) is 0.489. The van der Waals surface area contributed by atoms with Crippen molar-refractivity contribution in [2.75, 3.05) is 13.7 Å². The van der Waals surface area contributed by atoms with Gasteiger partial charge < -0.3 is 19.1 Å². The molecule has 0 radical (unpaired) electrons. The van der Waals surface area contributed by atoms with Crippen LogP contribution < -0.4 is 4.74 Å². The van der Waals surface area contributed by atoms with Gasteiger partial charge >= 0.3 is 5.97 Å². The summed E-state index contributed by atoms with van der Waals surface area (Å²) >= 11 is 0. The van der Waals surface area contributed by atoms with Gasteiger partial charge in [-0.2, -0.15) is 0 Å². The van der Waals surface area contributed by atoms with Gasteiger partial charge in [0.1, 0.15) is 23.2 Å². The number of benzene rings is 1. The number of nitro benzene ring substituents is 1. The molecular formula is C18H20N2O7. The highest BCUT2D eigenvalue weighted by molar-refractivity contribution is 5.91. The maximum atomic E-state index is 12.6. The molecule has 2 heterocycles. The minimum atomic E-state index is -0.963. The molecule has 1 aromatic rings. The van der Waals surface area contributed by atoms with Crippen LogP contribution in [0.5, 0.6) is 5.75 Å². The number of non-ortho nitro benzene ring substituents is 1. The first-order valence-electron chi connectivity index (χ1n) is 8.34. The fraction of sp³-hybridized carbons (Fsp3) is 0.444. The number of hydrogen-bond acceptors (Lipinski definition) is 7. The minimum absolute atomic E-state index is 0.143. The van der Waals surface area contributed by atoms with Crippen molar-refractivity contribution in [2.45, 2.75) is 38.5 Å². The van der Waals surface area contributed by atoms with Gasteiger partial charge in [-0.1, -0.05) is 0 Å². The molecule has 27 heavy (non-hydrogen) atoms. The van der Waals surface area contributed by atoms with Gasteiger partial charge in [0.05, 0.1) is 18.6 Å². The van der Waals surface area contributed by atoms with E-state index in [4.69, 9.17) is 14.2 Å². The molecule has 0 fully saturated rings. The van der Waals surface area contributed by atoms with Gasteiger partial charge in [-0.3, -0.25) is 19.7 Å². The third-order valence-corrected chi connectivity index (χ3v) is 4.65. The van der Waals surface area contributed by atoms with Crippen LogP contribution in [0.3, 0.4) is 0 Å². The lowest BCUT2D eigenvalue weighted by Gasteiger charge is -2.46. The van der Waals surface area contributed by atoms with Gasteiger partial charge in [0, 0.05) is 30.7 Å². The van der Waals surface area contributed by atoms with Crippen LogP contribution in [0.1, 0.15) is 32.4 Å². The fourth-order valence-electron chi connectivity index (χ4n) is 3.45. The molecule has 0 aromatic heterocycles. The standard InChI is InChI=1S/C18H20N2O7/c1-10(21)26-17-16(19-9-12(25-4)8-15(19)22)13-7-11(20(23)24)5-6-14(13)27-18(17,2)3/h5-8,16-17H,9H2,1-4H3/t16-,17+/m1/s1. The number of methoxy groups -OCH3 is 1. The molecule has 3 rings (SSSR count). The molecule has 0 saturated heterocycles. The van der Waals surface area contributed by atoms with Crippen molar-refractivity contribution in [1.82, 2.24) is 4.90 Å². The van der Waals surface area contributed by atoms with Crippen molar-refractivity contribution in [3.05, 3.63) is 45.7 Å². The Labute approximate surface area is 155 Å². The minimum Gasteiger partial charge on any atom is -0.499 e. The number of hydrogen-bond donors (Lipinski definition) is 0. The van der Waals surface area contributed by atoms with Gasteiger partial charge in [0.15, 0.2) is 6.10 Å². The molecule has 2 aliphatic rings. The average Bonchev–Trinajstić information content (AvgIpc) is 2.95. The van der Waals surface area contributed by atoms with Crippen molar-refractivity contribution in [2.24, 2.45) is 0 Å². The number of nitrogens with zero attached hydrogens (tertiary/aromatic N) is 2. The quantitative estimate of drug-likeness (QED) is 0.450. The Kier molecular flexibility index (Phi) is 4.54. The summed E-state index contributed by atoms with van der Waals surface area (Å²) < 4.78 is 16.6. The highest BCUT2D eigenvalue weighted by Crippen LogP contribution is 2.46. The van der Waals surface area contributed by atoms with Crippen LogP contribution in [0, 0.1) is 10.1 Å². The Hall–Kier alpha value is -3.10. The molecule has 0 unspecified atom stereocenters. The van der Waals surface area contributed by atoms with Crippen LogP contribution in [0.15, 0.2) is 30.0 Å². The first-order chi connectivity index (χ1) is 12.6. The Morgan fingerprint density at radius 1 is 1.41 bits per heavy atom. The molecule has 2 atom stereocenters. The SMILES string of the molecule is COC1=CC(=O)N([C@@H]2c3cc([N+](=O)[O-])ccc3OC(C)(C)[C@H]2OC(C)=O)C1. The Balaban J connectivity index is 2.14. The number of carbonyl (C=O) groups excluding carboxylic acids is 2. The van der Waals surface area contributed by atoms with Crippen molar-refractivity contribution in [3.8, 4) is 5.75 Å². The first kappa shape index (κ1) is 18.7. The summed E-state index contributed by atoms with van der Waals surface area (Å²) in [5, 5.41) is 11.2. The van der Waals surface area contributed by atoms with Gasteiger partial charge in [-0.05, 0) is 19.9 Å². The number of fused-ring (bicyclic) bond motifs is 1. The van der Waals surface area contributed by atoms with Crippen molar-refractivity contribution in [3.63, 3.8) is 0 Å². The smallest absolute Gasteiger partial charge is 0.303 e. The summed E-state index contributed by atoms with van der Waals surface area (Å²) in [5.41, 5.74) is -0.695. The maximum absolute atomic E-state index is 12.6. The van der Waals surface area contributed by atoms with E-state index in [0.717, 1.165) is 0 Å². The highest BCUT2D eigenvalue weighted by atomic mass is 16.6. The molecule has 0 bridgehead atoms. The number of carbonyl (C=O) groups is 2. The van der Waals surface area contributed by atoms with Gasteiger partial charge in [-0.25, -0.2) is 0 Å². The summed E-state index contributed by atoms with van der Waals surface area (Å²) in [4.78, 5) is 36.5. The van der Waals surface area contributed by atoms with Gasteiger partial charge in [-0.15, -0.1) is 0 Å². The van der Waals surface area contributed by atoms with E-state index in [1.165, 1.54) is 43.2 Å². The van der Waals surface area contributed by atoms with E-state index in [1.54, 1.807) is 13.8 Å². The number of rotatable bonds is 4. The lowest BCUT2D eigenvalue weighted by Crippen LogP contribution is -2.55. The van der Waals surface area contributed by atoms with E-state index in [1.807, 2.05) is 0 Å². The van der Waals surface area contributed by atoms with E-state index < -0.39 is 28.6 Å². The molecule has 144 valence electrons. The topological polar surface area (TPSA) is 108 Å². The third kappa shape index (κ3) is 3.32. The van der Waals surface area contributed by atoms with E-state index in [2.05, 4.69) is 0 Å². The Morgan fingerprint density at radius 3 is 2.67 bits per heavy atom. The maximum Gasteiger partial charge on any atom is 0.303 e. The number of esters is 1. The Morgan fingerprint density at radius 2 is 2.11 bits per heavy atom. The third-order valence-electron chi connectivity index (χ3n) is 4.65. The molecule has 0 spiro atoms. The van der Waals surface area contributed by atoms with Gasteiger partial charge in [0.2, 0.25) is 0 Å². The zero-order valence-electron chi connectivity index (χ0n) is 15.4. The van der Waals surface area contributed by atoms with Crippen LogP contribution in [0.25, 0.3) is 0 Å². The second kappa shape index (κ2) is 6.57. The zero-order valence-corrected chi connectivity index (χ0v) is 15.4. The lowest BCUT2D eigenvalue weighted by atomic mass is 9.85. The number of amides is 1. The molecule has 9 nitrogen and oxygen atoms in total. The van der Waals surface area contributed by atoms with Crippen molar-refractivity contribution in [1.29, 1.82) is 0 Å². The summed E-state index contributed by atoms with van der Waals surface area (Å²) in [6, 6.07) is 3.42. The highest BCUT2D eigenvalue weighted by Gasteiger charge is 2.51. The van der Waals surface area contributed by atoms with Crippen LogP contribution in [-0.2, 0) is 19.1 Å². The lowest BCUT2D eigenvalue weighted by molar-refractivity contribution is -0.385. The molecule has 0 N–H and O–H groups in total. The fourth-order valence-corrected chi connectivity index (χ4v) is 3.45. The average molecular weight is 376 g/mol. The second-order valence-electron chi connectivity index (χ2n) is 6.94. The van der Waals surface area contributed by atoms with Crippen LogP contribution >= 0.6 is 0 Å². The largest absolute Gasteiger partial charge is 0.499 e. The van der Waals surface area contributed by atoms with Crippen molar-refractivity contribution >= 4 is 17.6 Å². The number of nitro groups is 1. The Bertz CT molecular complexity index is 846. The summed E-state index contributed by atoms with van der Waals surface area (Å²) in [5.74, 6) is -0.0122. The molecule has 1 amide bonds. The molecule has 0 saturated carbocycles. The van der Waals surface area contributed by atoms with Crippen LogP contribution in [-0.4, -0.2) is 47.1 Å². The molecule has 9 heteroatoms. The number of ether oxygens (including phenoxy) is 3. The molecule has 1 aromatic carbocycles. The normalized spacial score (nSPS) is 23.2. The van der Waals surface area contributed by atoms with E-state index in [9.17, 15) is 19.7 Å². The van der Waals surface area contributed by atoms with Crippen molar-refractivity contribution < 1.29 is 28.7 Å². The predicted octanol–water partition coefficient (Wildman–Crippen LogP) is 2.11. The monoisotopic (exact) mass is 376 g/mol. The summed E-state index contributed by atoms with van der Waals surface area (Å²) in [7, 11) is 1.46. The van der Waals surface area contributed by atoms with Crippen LogP contribution in [0.4, 0.5) is 5.69 Å². The molecule has 0 aliphatic carbocycles. The van der Waals surface area contributed by atoms with Crippen LogP contribution in [0.2, 0.25) is 0 Å². The van der Waals surface area contributed by atoms with E-state index >= 15 is 0 Å². The van der Waals surface area contributed by atoms with E-state index in [-0.39, 0.29) is 18.1 Å². The first-order valence-corrected chi connectivity index (χ1v) is 8.34. The second-order valence-corrected chi connectivity index (χ2v) is 6.94. The van der Waals surface area contributed by atoms with E-state index in [0.29, 0.717) is 17.1 Å². The predicted molar refractivity (Wildman–Crippen MR) is 92.9 cm³/mol. The zero-order chi connectivity index (χ0) is 19.9. The molecular weight excluding hydrogens is 356 g/mol. The summed E-state index contributed by atoms with van der Waals surface area (Å²) in [6.45, 7) is 4.91.